The van der Waals surface area contributed by atoms with E-state index in [0.29, 0.717) is 11.8 Å². The molecule has 0 radical (unpaired) electrons. The minimum Gasteiger partial charge on any atom is -0.330 e. The first-order valence-electron chi connectivity index (χ1n) is 4.03. The second kappa shape index (κ2) is 3.63. The lowest BCUT2D eigenvalue weighted by Crippen LogP contribution is -2.21. The first-order valence-corrected chi connectivity index (χ1v) is 4.03. The van der Waals surface area contributed by atoms with Gasteiger partial charge >= 0.3 is 0 Å². The summed E-state index contributed by atoms with van der Waals surface area (Å²) in [5.74, 6) is 4.03. The smallest absolute Gasteiger partial charge is 0.0203 e. The van der Waals surface area contributed by atoms with E-state index in [1.165, 1.54) is 19.3 Å². The lowest BCUT2D eigenvalue weighted by Gasteiger charge is -2.24. The SMILES string of the molecule is C#CC1CCCC(CN)C1. The molecule has 0 bridgehead atoms. The van der Waals surface area contributed by atoms with Gasteiger partial charge in [-0.15, -0.1) is 12.3 Å². The molecule has 1 nitrogen and oxygen atoms in total. The minimum absolute atomic E-state index is 0.516. The maximum absolute atomic E-state index is 5.55. The molecule has 1 fully saturated rings. The number of hydrogen-bond donors (Lipinski definition) is 1. The van der Waals surface area contributed by atoms with Crippen LogP contribution in [0.2, 0.25) is 0 Å². The van der Waals surface area contributed by atoms with Crippen LogP contribution in [0.5, 0.6) is 0 Å². The van der Waals surface area contributed by atoms with E-state index >= 15 is 0 Å². The van der Waals surface area contributed by atoms with Gasteiger partial charge in [-0.2, -0.15) is 0 Å². The van der Waals surface area contributed by atoms with Gasteiger partial charge in [0.1, 0.15) is 0 Å². The van der Waals surface area contributed by atoms with Crippen molar-refractivity contribution in [3.63, 3.8) is 0 Å². The van der Waals surface area contributed by atoms with Crippen molar-refractivity contribution in [2.45, 2.75) is 25.7 Å². The molecule has 0 spiro atoms. The summed E-state index contributed by atoms with van der Waals surface area (Å²) in [7, 11) is 0. The number of rotatable bonds is 1. The molecule has 1 aliphatic carbocycles. The Morgan fingerprint density at radius 2 is 2.30 bits per heavy atom. The Hall–Kier alpha value is -0.480. The molecule has 2 atom stereocenters. The van der Waals surface area contributed by atoms with E-state index in [1.807, 2.05) is 0 Å². The van der Waals surface area contributed by atoms with Crippen LogP contribution in [0.1, 0.15) is 25.7 Å². The van der Waals surface area contributed by atoms with Crippen molar-refractivity contribution in [3.05, 3.63) is 0 Å². The van der Waals surface area contributed by atoms with Crippen LogP contribution in [0.15, 0.2) is 0 Å². The van der Waals surface area contributed by atoms with Crippen molar-refractivity contribution in [1.29, 1.82) is 0 Å². The van der Waals surface area contributed by atoms with Gasteiger partial charge in [-0.25, -0.2) is 0 Å². The summed E-state index contributed by atoms with van der Waals surface area (Å²) < 4.78 is 0. The van der Waals surface area contributed by atoms with Crippen LogP contribution < -0.4 is 5.73 Å². The van der Waals surface area contributed by atoms with Crippen LogP contribution in [-0.2, 0) is 0 Å². The fourth-order valence-corrected chi connectivity index (χ4v) is 1.66. The first kappa shape index (κ1) is 7.63. The van der Waals surface area contributed by atoms with E-state index in [-0.39, 0.29) is 0 Å². The van der Waals surface area contributed by atoms with Gasteiger partial charge in [0.05, 0.1) is 0 Å². The third-order valence-corrected chi connectivity index (χ3v) is 2.35. The zero-order chi connectivity index (χ0) is 7.40. The quantitative estimate of drug-likeness (QED) is 0.543. The maximum Gasteiger partial charge on any atom is 0.0203 e. The topological polar surface area (TPSA) is 26.0 Å². The summed E-state index contributed by atoms with van der Waals surface area (Å²) in [5.41, 5.74) is 5.55. The Morgan fingerprint density at radius 3 is 2.90 bits per heavy atom. The zero-order valence-electron chi connectivity index (χ0n) is 6.34. The predicted octanol–water partition coefficient (Wildman–Crippen LogP) is 1.38. The number of nitrogens with two attached hydrogens (primary N) is 1. The summed E-state index contributed by atoms with van der Waals surface area (Å²) >= 11 is 0. The molecule has 2 unspecified atom stereocenters. The lowest BCUT2D eigenvalue weighted by atomic mass is 9.82. The van der Waals surface area contributed by atoms with Gasteiger partial charge in [-0.05, 0) is 31.7 Å². The molecule has 0 saturated heterocycles. The highest BCUT2D eigenvalue weighted by atomic mass is 14.5. The van der Waals surface area contributed by atoms with E-state index in [0.717, 1.165) is 13.0 Å². The van der Waals surface area contributed by atoms with Crippen molar-refractivity contribution < 1.29 is 0 Å². The van der Waals surface area contributed by atoms with Crippen LogP contribution in [0.4, 0.5) is 0 Å². The molecule has 0 heterocycles. The minimum atomic E-state index is 0.516. The van der Waals surface area contributed by atoms with E-state index in [1.54, 1.807) is 0 Å². The van der Waals surface area contributed by atoms with Gasteiger partial charge in [-0.3, -0.25) is 0 Å². The van der Waals surface area contributed by atoms with Crippen LogP contribution >= 0.6 is 0 Å². The van der Waals surface area contributed by atoms with Crippen LogP contribution in [0.25, 0.3) is 0 Å². The maximum atomic E-state index is 5.55. The zero-order valence-corrected chi connectivity index (χ0v) is 6.34. The van der Waals surface area contributed by atoms with Crippen molar-refractivity contribution >= 4 is 0 Å². The summed E-state index contributed by atoms with van der Waals surface area (Å²) in [4.78, 5) is 0. The largest absolute Gasteiger partial charge is 0.330 e. The summed E-state index contributed by atoms with van der Waals surface area (Å²) in [5, 5.41) is 0. The van der Waals surface area contributed by atoms with E-state index in [9.17, 15) is 0 Å². The van der Waals surface area contributed by atoms with Gasteiger partial charge in [0.2, 0.25) is 0 Å². The van der Waals surface area contributed by atoms with Gasteiger partial charge in [0.15, 0.2) is 0 Å². The molecule has 0 aromatic carbocycles. The Morgan fingerprint density at radius 1 is 1.50 bits per heavy atom. The molecule has 10 heavy (non-hydrogen) atoms. The van der Waals surface area contributed by atoms with Gasteiger partial charge in [0, 0.05) is 5.92 Å². The Kier molecular flexibility index (Phi) is 2.77. The van der Waals surface area contributed by atoms with Crippen LogP contribution in [-0.4, -0.2) is 6.54 Å². The van der Waals surface area contributed by atoms with Crippen molar-refractivity contribution in [2.24, 2.45) is 17.6 Å². The average molecular weight is 137 g/mol. The highest BCUT2D eigenvalue weighted by Crippen LogP contribution is 2.27. The number of hydrogen-bond acceptors (Lipinski definition) is 1. The normalized spacial score (nSPS) is 33.2. The third-order valence-electron chi connectivity index (χ3n) is 2.35. The molecule has 1 saturated carbocycles. The standard InChI is InChI=1S/C9H15N/c1-2-8-4-3-5-9(6-8)7-10/h1,8-9H,3-7,10H2. The Labute approximate surface area is 63.0 Å². The molecule has 0 aliphatic heterocycles. The Bertz CT molecular complexity index is 134. The highest BCUT2D eigenvalue weighted by Gasteiger charge is 2.18. The molecular formula is C9H15N. The van der Waals surface area contributed by atoms with Crippen LogP contribution in [0, 0.1) is 24.2 Å². The second-order valence-corrected chi connectivity index (χ2v) is 3.13. The third kappa shape index (κ3) is 1.75. The molecule has 0 amide bonds. The number of terminal acetylenes is 1. The molecule has 56 valence electrons. The first-order chi connectivity index (χ1) is 4.86. The highest BCUT2D eigenvalue weighted by molar-refractivity contribution is 4.95. The van der Waals surface area contributed by atoms with Crippen molar-refractivity contribution in [2.75, 3.05) is 6.54 Å². The summed E-state index contributed by atoms with van der Waals surface area (Å²) in [6, 6.07) is 0. The second-order valence-electron chi connectivity index (χ2n) is 3.13. The Balaban J connectivity index is 2.33. The van der Waals surface area contributed by atoms with Crippen molar-refractivity contribution in [3.8, 4) is 12.3 Å². The molecule has 1 aliphatic rings. The monoisotopic (exact) mass is 137 g/mol. The molecule has 2 N–H and O–H groups in total. The summed E-state index contributed by atoms with van der Waals surface area (Å²) in [6.45, 7) is 0.818. The van der Waals surface area contributed by atoms with Crippen molar-refractivity contribution in [1.82, 2.24) is 0 Å². The van der Waals surface area contributed by atoms with E-state index in [4.69, 9.17) is 12.2 Å². The molecule has 0 aromatic heterocycles. The average Bonchev–Trinajstić information content (AvgIpc) is 2.05. The fourth-order valence-electron chi connectivity index (χ4n) is 1.66. The lowest BCUT2D eigenvalue weighted by molar-refractivity contribution is 0.318. The van der Waals surface area contributed by atoms with E-state index < -0.39 is 0 Å². The summed E-state index contributed by atoms with van der Waals surface area (Å²) in [6.07, 6.45) is 10.3. The molecular weight excluding hydrogens is 122 g/mol. The fraction of sp³-hybridized carbons (Fsp3) is 0.778. The van der Waals surface area contributed by atoms with E-state index in [2.05, 4.69) is 5.92 Å². The van der Waals surface area contributed by atoms with Gasteiger partial charge < -0.3 is 5.73 Å². The van der Waals surface area contributed by atoms with Crippen LogP contribution in [0.3, 0.4) is 0 Å². The predicted molar refractivity (Wildman–Crippen MR) is 43.3 cm³/mol. The molecule has 1 heteroatoms. The molecule has 1 rings (SSSR count). The molecule has 0 aromatic rings. The van der Waals surface area contributed by atoms with Gasteiger partial charge in [-0.1, -0.05) is 6.42 Å². The van der Waals surface area contributed by atoms with Gasteiger partial charge in [0.25, 0.3) is 0 Å².